The first-order valence-electron chi connectivity index (χ1n) is 6.00. The van der Waals surface area contributed by atoms with Crippen LogP contribution < -0.4 is 0 Å². The summed E-state index contributed by atoms with van der Waals surface area (Å²) < 4.78 is 22.9. The molecular formula is C13H17ClO2S. The molecule has 1 aliphatic carbocycles. The molecule has 2 nitrogen and oxygen atoms in total. The lowest BCUT2D eigenvalue weighted by Gasteiger charge is -2.36. The van der Waals surface area contributed by atoms with Crippen molar-refractivity contribution in [3.8, 4) is 0 Å². The molecule has 0 saturated heterocycles. The Labute approximate surface area is 107 Å². The fourth-order valence-electron chi connectivity index (χ4n) is 2.87. The molecule has 17 heavy (non-hydrogen) atoms. The Morgan fingerprint density at radius 1 is 1.06 bits per heavy atom. The van der Waals surface area contributed by atoms with Crippen molar-refractivity contribution in [2.45, 2.75) is 37.5 Å². The summed E-state index contributed by atoms with van der Waals surface area (Å²) in [7, 11) is 2.02. The summed E-state index contributed by atoms with van der Waals surface area (Å²) >= 11 is 0. The van der Waals surface area contributed by atoms with E-state index in [1.165, 1.54) is 6.42 Å². The summed E-state index contributed by atoms with van der Waals surface area (Å²) in [6.07, 6.45) is 5.20. The van der Waals surface area contributed by atoms with Crippen LogP contribution in [0.1, 0.15) is 37.7 Å². The van der Waals surface area contributed by atoms with Crippen molar-refractivity contribution >= 4 is 19.7 Å². The van der Waals surface area contributed by atoms with Gasteiger partial charge in [-0.25, -0.2) is 8.42 Å². The summed E-state index contributed by atoms with van der Waals surface area (Å²) in [5.74, 6) is 0.0611. The summed E-state index contributed by atoms with van der Waals surface area (Å²) in [6, 6.07) is 9.93. The third-order valence-corrected chi connectivity index (χ3v) is 4.87. The Kier molecular flexibility index (Phi) is 3.79. The SMILES string of the molecule is O=S(=O)(Cl)CC1(c2ccccc2)CCCCC1. The van der Waals surface area contributed by atoms with Crippen LogP contribution in [0.5, 0.6) is 0 Å². The molecule has 0 heterocycles. The average molecular weight is 273 g/mol. The zero-order valence-corrected chi connectivity index (χ0v) is 11.3. The molecule has 0 atom stereocenters. The molecule has 94 valence electrons. The number of hydrogen-bond donors (Lipinski definition) is 0. The first-order valence-corrected chi connectivity index (χ1v) is 8.48. The predicted molar refractivity (Wildman–Crippen MR) is 70.8 cm³/mol. The fourth-order valence-corrected chi connectivity index (χ4v) is 4.61. The first-order chi connectivity index (χ1) is 8.02. The van der Waals surface area contributed by atoms with Crippen LogP contribution in [0.4, 0.5) is 0 Å². The highest BCUT2D eigenvalue weighted by molar-refractivity contribution is 8.13. The minimum atomic E-state index is -3.46. The third-order valence-electron chi connectivity index (χ3n) is 3.65. The lowest BCUT2D eigenvalue weighted by atomic mass is 9.71. The second-order valence-corrected chi connectivity index (χ2v) is 7.67. The predicted octanol–water partition coefficient (Wildman–Crippen LogP) is 3.46. The van der Waals surface area contributed by atoms with Gasteiger partial charge in [0, 0.05) is 16.1 Å². The van der Waals surface area contributed by atoms with Gasteiger partial charge in [-0.1, -0.05) is 49.6 Å². The molecule has 0 aromatic heterocycles. The van der Waals surface area contributed by atoms with Crippen LogP contribution in [0.15, 0.2) is 30.3 Å². The van der Waals surface area contributed by atoms with Gasteiger partial charge in [-0.3, -0.25) is 0 Å². The van der Waals surface area contributed by atoms with Crippen LogP contribution in [-0.4, -0.2) is 14.2 Å². The Morgan fingerprint density at radius 3 is 2.18 bits per heavy atom. The van der Waals surface area contributed by atoms with Crippen LogP contribution in [0.3, 0.4) is 0 Å². The van der Waals surface area contributed by atoms with Crippen LogP contribution in [0.25, 0.3) is 0 Å². The van der Waals surface area contributed by atoms with Gasteiger partial charge in [0.15, 0.2) is 0 Å². The summed E-state index contributed by atoms with van der Waals surface area (Å²) in [4.78, 5) is 0. The molecule has 2 rings (SSSR count). The molecule has 0 unspecified atom stereocenters. The van der Waals surface area contributed by atoms with Crippen LogP contribution in [-0.2, 0) is 14.5 Å². The lowest BCUT2D eigenvalue weighted by Crippen LogP contribution is -2.35. The van der Waals surface area contributed by atoms with Crippen molar-refractivity contribution in [3.63, 3.8) is 0 Å². The van der Waals surface area contributed by atoms with Crippen molar-refractivity contribution in [1.29, 1.82) is 0 Å². The van der Waals surface area contributed by atoms with Gasteiger partial charge in [0.1, 0.15) is 0 Å². The van der Waals surface area contributed by atoms with Gasteiger partial charge >= 0.3 is 0 Å². The highest BCUT2D eigenvalue weighted by Gasteiger charge is 2.37. The Balaban J connectivity index is 2.36. The highest BCUT2D eigenvalue weighted by Crippen LogP contribution is 2.41. The second kappa shape index (κ2) is 4.99. The van der Waals surface area contributed by atoms with E-state index >= 15 is 0 Å². The Hall–Kier alpha value is -0.540. The van der Waals surface area contributed by atoms with Crippen LogP contribution in [0.2, 0.25) is 0 Å². The normalized spacial score (nSPS) is 20.1. The van der Waals surface area contributed by atoms with E-state index in [0.717, 1.165) is 31.2 Å². The smallest absolute Gasteiger partial charge is 0.212 e. The third kappa shape index (κ3) is 3.23. The number of rotatable bonds is 3. The molecule has 0 amide bonds. The molecule has 0 bridgehead atoms. The van der Waals surface area contributed by atoms with Crippen molar-refractivity contribution in [1.82, 2.24) is 0 Å². The van der Waals surface area contributed by atoms with E-state index in [2.05, 4.69) is 0 Å². The van der Waals surface area contributed by atoms with E-state index in [1.807, 2.05) is 30.3 Å². The van der Waals surface area contributed by atoms with Crippen molar-refractivity contribution < 1.29 is 8.42 Å². The van der Waals surface area contributed by atoms with E-state index in [0.29, 0.717) is 0 Å². The molecule has 1 aliphatic rings. The van der Waals surface area contributed by atoms with E-state index in [-0.39, 0.29) is 11.2 Å². The Morgan fingerprint density at radius 2 is 1.65 bits per heavy atom. The Bertz CT molecular complexity index is 461. The molecule has 1 fully saturated rings. The maximum atomic E-state index is 11.4. The van der Waals surface area contributed by atoms with Crippen LogP contribution in [0, 0.1) is 0 Å². The second-order valence-electron chi connectivity index (χ2n) is 4.89. The first kappa shape index (κ1) is 12.9. The summed E-state index contributed by atoms with van der Waals surface area (Å²) in [5.41, 5.74) is 0.851. The molecule has 1 saturated carbocycles. The molecule has 4 heteroatoms. The number of halogens is 1. The maximum Gasteiger partial charge on any atom is 0.233 e. The number of hydrogen-bond acceptors (Lipinski definition) is 2. The maximum absolute atomic E-state index is 11.4. The molecular weight excluding hydrogens is 256 g/mol. The zero-order chi connectivity index (χ0) is 12.4. The molecule has 1 aromatic carbocycles. The summed E-state index contributed by atoms with van der Waals surface area (Å²) in [6.45, 7) is 0. The monoisotopic (exact) mass is 272 g/mol. The van der Waals surface area contributed by atoms with Crippen molar-refractivity contribution in [2.75, 3.05) is 5.75 Å². The average Bonchev–Trinajstić information content (AvgIpc) is 2.29. The topological polar surface area (TPSA) is 34.1 Å². The van der Waals surface area contributed by atoms with Crippen LogP contribution >= 0.6 is 10.7 Å². The standard InChI is InChI=1S/C13H17ClO2S/c14-17(15,16)11-13(9-5-2-6-10-13)12-7-3-1-4-8-12/h1,3-4,7-8H,2,5-6,9-11H2. The van der Waals surface area contributed by atoms with E-state index in [4.69, 9.17) is 10.7 Å². The molecule has 0 radical (unpaired) electrons. The lowest BCUT2D eigenvalue weighted by molar-refractivity contribution is 0.322. The molecule has 0 aliphatic heterocycles. The summed E-state index contributed by atoms with van der Waals surface area (Å²) in [5, 5.41) is 0. The minimum absolute atomic E-state index is 0.0611. The van der Waals surface area contributed by atoms with E-state index < -0.39 is 9.05 Å². The molecule has 1 aromatic rings. The number of benzene rings is 1. The highest BCUT2D eigenvalue weighted by atomic mass is 35.7. The van der Waals surface area contributed by atoms with Gasteiger partial charge in [-0.2, -0.15) is 0 Å². The largest absolute Gasteiger partial charge is 0.233 e. The van der Waals surface area contributed by atoms with Gasteiger partial charge in [-0.15, -0.1) is 0 Å². The zero-order valence-electron chi connectivity index (χ0n) is 9.73. The fraction of sp³-hybridized carbons (Fsp3) is 0.538. The van der Waals surface area contributed by atoms with Gasteiger partial charge in [0.05, 0.1) is 5.75 Å². The van der Waals surface area contributed by atoms with Gasteiger partial charge in [0.2, 0.25) is 9.05 Å². The van der Waals surface area contributed by atoms with Crippen molar-refractivity contribution in [3.05, 3.63) is 35.9 Å². The van der Waals surface area contributed by atoms with Gasteiger partial charge in [0.25, 0.3) is 0 Å². The molecule has 0 N–H and O–H groups in total. The van der Waals surface area contributed by atoms with Gasteiger partial charge < -0.3 is 0 Å². The minimum Gasteiger partial charge on any atom is -0.212 e. The van der Waals surface area contributed by atoms with E-state index in [9.17, 15) is 8.42 Å². The quantitative estimate of drug-likeness (QED) is 0.790. The van der Waals surface area contributed by atoms with Gasteiger partial charge in [-0.05, 0) is 18.4 Å². The van der Waals surface area contributed by atoms with Crippen molar-refractivity contribution in [2.24, 2.45) is 0 Å². The molecule has 0 spiro atoms. The van der Waals surface area contributed by atoms with E-state index in [1.54, 1.807) is 0 Å².